The van der Waals surface area contributed by atoms with Gasteiger partial charge in [-0.15, -0.1) is 21.1 Å². The van der Waals surface area contributed by atoms with Gasteiger partial charge in [0.25, 0.3) is 0 Å². The molecular weight excluding hydrogens is 425 g/mol. The van der Waals surface area contributed by atoms with Crippen molar-refractivity contribution in [3.63, 3.8) is 0 Å². The van der Waals surface area contributed by atoms with E-state index in [0.29, 0.717) is 0 Å². The fraction of sp³-hybridized carbons (Fsp3) is 0.529. The molecule has 0 radical (unpaired) electrons. The van der Waals surface area contributed by atoms with Gasteiger partial charge in [-0.2, -0.15) is 0 Å². The quantitative estimate of drug-likeness (QED) is 0.327. The number of halogens is 1. The predicted octanol–water partition coefficient (Wildman–Crippen LogP) is 6.06. The monoisotopic (exact) mass is 447 g/mol. The fourth-order valence-electron chi connectivity index (χ4n) is 2.43. The van der Waals surface area contributed by atoms with E-state index in [-0.39, 0.29) is 5.78 Å². The summed E-state index contributed by atoms with van der Waals surface area (Å²) in [5, 5.41) is 1.14. The van der Waals surface area contributed by atoms with Crippen molar-refractivity contribution in [1.82, 2.24) is 4.98 Å². The molecule has 5 heteroatoms. The molecule has 0 saturated heterocycles. The van der Waals surface area contributed by atoms with Crippen molar-refractivity contribution in [2.75, 3.05) is 0 Å². The van der Waals surface area contributed by atoms with Crippen molar-refractivity contribution in [2.45, 2.75) is 52.4 Å². The molecule has 0 unspecified atom stereocenters. The van der Waals surface area contributed by atoms with Crippen LogP contribution in [0.2, 0.25) is 0 Å². The van der Waals surface area contributed by atoms with E-state index in [1.165, 1.54) is 48.3 Å². The second-order valence-electron chi connectivity index (χ2n) is 6.05. The average molecular weight is 447 g/mol. The third-order valence-corrected chi connectivity index (χ3v) is 5.15. The lowest BCUT2D eigenvalue weighted by Crippen LogP contribution is -2.04. The summed E-state index contributed by atoms with van der Waals surface area (Å²) < 4.78 is 0. The molecule has 2 aromatic heterocycles. The highest BCUT2D eigenvalue weighted by atomic mass is 127. The van der Waals surface area contributed by atoms with Crippen LogP contribution in [0.3, 0.4) is 0 Å². The molecule has 2 aromatic rings. The van der Waals surface area contributed by atoms with Crippen LogP contribution in [-0.4, -0.2) is 10.8 Å². The van der Waals surface area contributed by atoms with E-state index in [1.54, 1.807) is 6.92 Å². The number of carbonyl (C=O) groups is 1. The molecule has 0 aliphatic heterocycles. The summed E-state index contributed by atoms with van der Waals surface area (Å²) in [7, 11) is 3.50. The highest BCUT2D eigenvalue weighted by Gasteiger charge is 2.14. The van der Waals surface area contributed by atoms with Gasteiger partial charge >= 0.3 is 0 Å². The number of aryl methyl sites for hydroxylation is 2. The first-order valence-electron chi connectivity index (χ1n) is 7.73. The maximum Gasteiger partial charge on any atom is 0.169 e. The normalized spacial score (nSPS) is 16.0. The highest BCUT2D eigenvalue weighted by molar-refractivity contribution is 14.2. The number of rotatable bonds is 1. The molecule has 0 N–H and O–H groups in total. The molecule has 2 aliphatic rings. The van der Waals surface area contributed by atoms with Crippen LogP contribution in [0.4, 0.5) is 0 Å². The molecule has 2 heterocycles. The van der Waals surface area contributed by atoms with Gasteiger partial charge < -0.3 is 0 Å². The van der Waals surface area contributed by atoms with E-state index in [0.717, 1.165) is 33.9 Å². The average Bonchev–Trinajstić information content (AvgIpc) is 3.20. The lowest BCUT2D eigenvalue weighted by Gasteiger charge is -2.13. The molecule has 0 spiro atoms. The standard InChI is InChI=1S/C13H13NOS.C4H8.HIS/c1-8(15)12-7-10-6-9-4-2-3-5-11(9)14-13(10)16-12;1-4-2-3-4;1-2/h6-7H,2-5H2,1H3;4H,2-3H2,1H3;2H. The number of aromatic nitrogens is 1. The van der Waals surface area contributed by atoms with Gasteiger partial charge in [0, 0.05) is 11.1 Å². The van der Waals surface area contributed by atoms with Crippen molar-refractivity contribution in [2.24, 2.45) is 5.92 Å². The summed E-state index contributed by atoms with van der Waals surface area (Å²) in [6.07, 6.45) is 7.72. The third-order valence-electron chi connectivity index (χ3n) is 4.00. The first kappa shape index (κ1) is 18.2. The molecule has 2 aliphatic carbocycles. The van der Waals surface area contributed by atoms with Crippen LogP contribution in [0, 0.1) is 5.92 Å². The number of pyridine rings is 1. The Morgan fingerprint density at radius 1 is 1.27 bits per heavy atom. The molecule has 0 atom stereocenters. The van der Waals surface area contributed by atoms with Gasteiger partial charge in [0.1, 0.15) is 4.83 Å². The molecule has 2 nitrogen and oxygen atoms in total. The summed E-state index contributed by atoms with van der Waals surface area (Å²) in [5.74, 6) is 1.22. The number of thiophene rings is 1. The molecule has 0 bridgehead atoms. The second-order valence-corrected chi connectivity index (χ2v) is 7.08. The first-order valence-corrected chi connectivity index (χ1v) is 11.8. The number of thiol groups is 1. The lowest BCUT2D eigenvalue weighted by atomic mass is 9.96. The molecule has 22 heavy (non-hydrogen) atoms. The van der Waals surface area contributed by atoms with Crippen LogP contribution in [0.1, 0.15) is 60.5 Å². The van der Waals surface area contributed by atoms with Gasteiger partial charge in [0.15, 0.2) is 5.78 Å². The van der Waals surface area contributed by atoms with Crippen LogP contribution >= 0.6 is 42.3 Å². The van der Waals surface area contributed by atoms with Crippen LogP contribution in [0.15, 0.2) is 12.1 Å². The molecular formula is C17H22INOS2. The Bertz CT molecular complexity index is 606. The third kappa shape index (κ3) is 4.93. The molecule has 0 aromatic carbocycles. The predicted molar refractivity (Wildman–Crippen MR) is 108 cm³/mol. The minimum atomic E-state index is 0.140. The van der Waals surface area contributed by atoms with Gasteiger partial charge in [-0.05, 0) is 77.4 Å². The van der Waals surface area contributed by atoms with Crippen molar-refractivity contribution in [1.29, 1.82) is 0 Å². The zero-order valence-electron chi connectivity index (χ0n) is 13.1. The Morgan fingerprint density at radius 2 is 1.91 bits per heavy atom. The van der Waals surface area contributed by atoms with E-state index in [4.69, 9.17) is 0 Å². The molecule has 1 fully saturated rings. The molecule has 1 saturated carbocycles. The van der Waals surface area contributed by atoms with E-state index < -0.39 is 0 Å². The lowest BCUT2D eigenvalue weighted by molar-refractivity contribution is 0.102. The summed E-state index contributed by atoms with van der Waals surface area (Å²) in [6.45, 7) is 3.89. The SMILES string of the molecule is CC(=O)c1cc2cc3c(nc2s1)CCCC3.CC1CC1.SI. The maximum atomic E-state index is 11.3. The number of Topliss-reactive ketones (excluding diaryl/α,β-unsaturated/α-hetero) is 1. The molecule has 4 rings (SSSR count). The van der Waals surface area contributed by atoms with E-state index in [1.807, 2.05) is 27.3 Å². The zero-order valence-corrected chi connectivity index (χ0v) is 16.9. The van der Waals surface area contributed by atoms with Gasteiger partial charge in [-0.1, -0.05) is 19.8 Å². The summed E-state index contributed by atoms with van der Waals surface area (Å²) in [5.41, 5.74) is 2.63. The Balaban J connectivity index is 0.000000251. The smallest absolute Gasteiger partial charge is 0.169 e. The number of ketones is 1. The summed E-state index contributed by atoms with van der Waals surface area (Å²) in [4.78, 5) is 17.8. The van der Waals surface area contributed by atoms with E-state index >= 15 is 0 Å². The Morgan fingerprint density at radius 3 is 2.50 bits per heavy atom. The first-order chi connectivity index (χ1) is 10.6. The topological polar surface area (TPSA) is 30.0 Å². The van der Waals surface area contributed by atoms with Crippen molar-refractivity contribution < 1.29 is 4.79 Å². The highest BCUT2D eigenvalue weighted by Crippen LogP contribution is 2.29. The number of carbonyl (C=O) groups excluding carboxylic acids is 1. The van der Waals surface area contributed by atoms with E-state index in [9.17, 15) is 4.79 Å². The van der Waals surface area contributed by atoms with Crippen LogP contribution in [-0.2, 0) is 12.8 Å². The van der Waals surface area contributed by atoms with Crippen LogP contribution in [0.25, 0.3) is 10.2 Å². The van der Waals surface area contributed by atoms with Gasteiger partial charge in [0.2, 0.25) is 0 Å². The van der Waals surface area contributed by atoms with Crippen molar-refractivity contribution in [3.8, 4) is 0 Å². The van der Waals surface area contributed by atoms with Gasteiger partial charge in [0.05, 0.1) is 4.88 Å². The molecule has 120 valence electrons. The Kier molecular flexibility index (Phi) is 7.15. The Labute approximate surface area is 154 Å². The number of hydrogen-bond acceptors (Lipinski definition) is 4. The van der Waals surface area contributed by atoms with Crippen molar-refractivity contribution >= 4 is 58.3 Å². The maximum absolute atomic E-state index is 11.3. The van der Waals surface area contributed by atoms with Crippen LogP contribution < -0.4 is 0 Å². The van der Waals surface area contributed by atoms with Gasteiger partial charge in [-0.25, -0.2) is 4.98 Å². The fourth-order valence-corrected chi connectivity index (χ4v) is 3.36. The Hall–Kier alpha value is -0.140. The zero-order chi connectivity index (χ0) is 16.1. The molecule has 0 amide bonds. The summed E-state index contributed by atoms with van der Waals surface area (Å²) >= 11 is 3.36. The second kappa shape index (κ2) is 8.64. The van der Waals surface area contributed by atoms with E-state index in [2.05, 4.69) is 27.8 Å². The van der Waals surface area contributed by atoms with Gasteiger partial charge in [-0.3, -0.25) is 4.79 Å². The largest absolute Gasteiger partial charge is 0.294 e. The number of fused-ring (bicyclic) bond motifs is 2. The summed E-state index contributed by atoms with van der Waals surface area (Å²) in [6, 6.07) is 4.20. The minimum absolute atomic E-state index is 0.140. The number of nitrogens with zero attached hydrogens (tertiary/aromatic N) is 1. The van der Waals surface area contributed by atoms with Crippen molar-refractivity contribution in [3.05, 3.63) is 28.3 Å². The minimum Gasteiger partial charge on any atom is -0.294 e. The van der Waals surface area contributed by atoms with Crippen LogP contribution in [0.5, 0.6) is 0 Å². The number of hydrogen-bond donors (Lipinski definition) is 1.